The number of methoxy groups -OCH3 is 1. The van der Waals surface area contributed by atoms with E-state index in [9.17, 15) is 30.0 Å². The highest BCUT2D eigenvalue weighted by Gasteiger charge is 2.45. The van der Waals surface area contributed by atoms with E-state index in [4.69, 9.17) is 9.47 Å². The predicted octanol–water partition coefficient (Wildman–Crippen LogP) is 2.94. The summed E-state index contributed by atoms with van der Waals surface area (Å²) < 4.78 is 11.6. The summed E-state index contributed by atoms with van der Waals surface area (Å²) in [5.74, 6) is 0.325. The summed E-state index contributed by atoms with van der Waals surface area (Å²) in [7, 11) is 3.57. The highest BCUT2D eigenvalue weighted by Crippen LogP contribution is 2.40. The number of nitrogens with zero attached hydrogens (tertiary/aromatic N) is 2. The average Bonchev–Trinajstić information content (AvgIpc) is 3.07. The summed E-state index contributed by atoms with van der Waals surface area (Å²) in [4.78, 5) is 30.7. The summed E-state index contributed by atoms with van der Waals surface area (Å²) in [6, 6.07) is 9.98. The second-order valence-electron chi connectivity index (χ2n) is 15.3. The predicted molar refractivity (Wildman–Crippen MR) is 193 cm³/mol. The maximum atomic E-state index is 13.4. The molecule has 5 N–H and O–H groups in total. The first-order valence-electron chi connectivity index (χ1n) is 17.5. The van der Waals surface area contributed by atoms with Gasteiger partial charge in [0.1, 0.15) is 41.8 Å². The van der Waals surface area contributed by atoms with Gasteiger partial charge in [0, 0.05) is 31.7 Å². The van der Waals surface area contributed by atoms with Crippen molar-refractivity contribution in [3.05, 3.63) is 69.8 Å². The van der Waals surface area contributed by atoms with E-state index in [1.165, 1.54) is 7.11 Å². The number of ether oxygens (including phenoxy) is 2. The number of hydrogen-bond donors (Lipinski definition) is 5. The topological polar surface area (TPSA) is 152 Å². The molecule has 0 saturated carbocycles. The molecule has 4 rings (SSSR count). The smallest absolute Gasteiger partial charge is 0.247 e. The van der Waals surface area contributed by atoms with Crippen LogP contribution in [-0.4, -0.2) is 119 Å². The number of aliphatic hydroxyl groups is 4. The van der Waals surface area contributed by atoms with Crippen LogP contribution in [0.1, 0.15) is 86.9 Å². The van der Waals surface area contributed by atoms with Gasteiger partial charge in [-0.1, -0.05) is 44.2 Å². The van der Waals surface area contributed by atoms with Crippen LogP contribution in [-0.2, 0) is 20.7 Å². The Balaban J connectivity index is 1.53. The molecule has 11 nitrogen and oxygen atoms in total. The lowest BCUT2D eigenvalue weighted by Gasteiger charge is -2.40. The molecule has 50 heavy (non-hydrogen) atoms. The van der Waals surface area contributed by atoms with Crippen molar-refractivity contribution in [2.45, 2.75) is 96.9 Å². The lowest BCUT2D eigenvalue weighted by atomic mass is 9.85. The summed E-state index contributed by atoms with van der Waals surface area (Å²) in [5, 5.41) is 44.4. The fourth-order valence-corrected chi connectivity index (χ4v) is 6.62. The zero-order valence-electron chi connectivity index (χ0n) is 31.1. The molecule has 0 bridgehead atoms. The number of nitrogens with one attached hydrogen (secondary N) is 1. The first-order valence-corrected chi connectivity index (χ1v) is 17.5. The highest BCUT2D eigenvalue weighted by molar-refractivity contribution is 5.93. The van der Waals surface area contributed by atoms with E-state index in [0.717, 1.165) is 40.9 Å². The van der Waals surface area contributed by atoms with Gasteiger partial charge in [-0.15, -0.1) is 0 Å². The van der Waals surface area contributed by atoms with Gasteiger partial charge in [-0.05, 0) is 94.0 Å². The van der Waals surface area contributed by atoms with Crippen LogP contribution in [0.2, 0.25) is 0 Å². The number of aliphatic hydroxyl groups excluding tert-OH is 4. The Kier molecular flexibility index (Phi) is 12.6. The second-order valence-corrected chi connectivity index (χ2v) is 15.3. The zero-order valence-corrected chi connectivity index (χ0v) is 31.1. The molecular weight excluding hydrogens is 638 g/mol. The third-order valence-electron chi connectivity index (χ3n) is 10.1. The van der Waals surface area contributed by atoms with Gasteiger partial charge in [0.15, 0.2) is 0 Å². The monoisotopic (exact) mass is 695 g/mol. The molecule has 11 heteroatoms. The van der Waals surface area contributed by atoms with Gasteiger partial charge >= 0.3 is 0 Å². The molecule has 2 amide bonds. The Morgan fingerprint density at radius 1 is 1.00 bits per heavy atom. The third-order valence-corrected chi connectivity index (χ3v) is 10.1. The molecule has 2 saturated heterocycles. The van der Waals surface area contributed by atoms with Crippen molar-refractivity contribution >= 4 is 17.9 Å². The number of amides is 2. The van der Waals surface area contributed by atoms with E-state index in [2.05, 4.69) is 36.2 Å². The maximum Gasteiger partial charge on any atom is 0.247 e. The molecule has 2 aromatic rings. The van der Waals surface area contributed by atoms with Crippen molar-refractivity contribution in [2.75, 3.05) is 46.9 Å². The quantitative estimate of drug-likeness (QED) is 0.239. The maximum absolute atomic E-state index is 13.4. The molecule has 2 heterocycles. The van der Waals surface area contributed by atoms with E-state index in [0.29, 0.717) is 30.8 Å². The van der Waals surface area contributed by atoms with Gasteiger partial charge in [-0.3, -0.25) is 9.59 Å². The molecule has 2 aliphatic heterocycles. The van der Waals surface area contributed by atoms with Crippen LogP contribution in [0.5, 0.6) is 5.75 Å². The van der Waals surface area contributed by atoms with Gasteiger partial charge in [0.2, 0.25) is 11.8 Å². The Labute approximate surface area is 296 Å². The van der Waals surface area contributed by atoms with Crippen LogP contribution < -0.4 is 10.1 Å². The molecule has 2 aromatic carbocycles. The SMILES string of the molecule is COc1cc(C(C)C)c(Cc2ccc(/C=C/C(C)(C)C(=O)NC(C)(C)C(=O)N3CCN(C)CC3)cc2C)cc1[C@@H]1O[C@H](CO)[C@@H](O)[C@H](O)[C@H]1O. The zero-order chi connectivity index (χ0) is 37.1. The lowest BCUT2D eigenvalue weighted by molar-refractivity contribution is -0.232. The summed E-state index contributed by atoms with van der Waals surface area (Å²) in [6.07, 6.45) is -2.08. The third kappa shape index (κ3) is 8.75. The number of aryl methyl sites for hydroxylation is 1. The number of benzene rings is 2. The summed E-state index contributed by atoms with van der Waals surface area (Å²) in [6.45, 7) is 15.8. The number of carbonyl (C=O) groups excluding carboxylic acids is 2. The van der Waals surface area contributed by atoms with Gasteiger partial charge in [-0.2, -0.15) is 0 Å². The molecule has 0 radical (unpaired) electrons. The van der Waals surface area contributed by atoms with Crippen molar-refractivity contribution in [1.82, 2.24) is 15.1 Å². The van der Waals surface area contributed by atoms with E-state index < -0.39 is 48.1 Å². The molecule has 0 unspecified atom stereocenters. The van der Waals surface area contributed by atoms with Gasteiger partial charge < -0.3 is 45.0 Å². The van der Waals surface area contributed by atoms with Gasteiger partial charge in [-0.25, -0.2) is 0 Å². The van der Waals surface area contributed by atoms with Crippen molar-refractivity contribution in [3.8, 4) is 5.75 Å². The minimum Gasteiger partial charge on any atom is -0.496 e. The first-order chi connectivity index (χ1) is 23.4. The minimum absolute atomic E-state index is 0.0808. The molecule has 5 atom stereocenters. The van der Waals surface area contributed by atoms with Gasteiger partial charge in [0.25, 0.3) is 0 Å². The van der Waals surface area contributed by atoms with Crippen molar-refractivity contribution in [1.29, 1.82) is 0 Å². The Morgan fingerprint density at radius 3 is 2.24 bits per heavy atom. The van der Waals surface area contributed by atoms with E-state index in [-0.39, 0.29) is 17.7 Å². The standard InChI is InChI=1S/C39H57N3O8/c1-23(2)28-21-30(49-9)29(35-34(46)33(45)32(44)31(22-43)50-35)20-27(28)19-26-11-10-25(18-24(26)3)12-13-38(4,5)36(47)40-39(6,7)37(48)42-16-14-41(8)15-17-42/h10-13,18,20-21,23,31-35,43-46H,14-17,19,22H2,1-9H3,(H,40,47)/b13-12+/t31-,32-,33+,34-,35+/m1/s1. The summed E-state index contributed by atoms with van der Waals surface area (Å²) >= 11 is 0. The van der Waals surface area contributed by atoms with Crippen molar-refractivity contribution in [3.63, 3.8) is 0 Å². The van der Waals surface area contributed by atoms with E-state index >= 15 is 0 Å². The van der Waals surface area contributed by atoms with Crippen LogP contribution in [0.25, 0.3) is 6.08 Å². The number of rotatable bonds is 11. The van der Waals surface area contributed by atoms with E-state index in [1.54, 1.807) is 13.8 Å². The molecule has 2 aliphatic rings. The largest absolute Gasteiger partial charge is 0.496 e. The van der Waals surface area contributed by atoms with Crippen LogP contribution in [0.15, 0.2) is 36.4 Å². The Morgan fingerprint density at radius 2 is 1.66 bits per heavy atom. The molecule has 0 aromatic heterocycles. The van der Waals surface area contributed by atoms with Crippen molar-refractivity contribution < 1.29 is 39.5 Å². The summed E-state index contributed by atoms with van der Waals surface area (Å²) in [5.41, 5.74) is 3.72. The number of likely N-dealkylation sites (N-methyl/N-ethyl adjacent to an activating group) is 1. The highest BCUT2D eigenvalue weighted by atomic mass is 16.5. The van der Waals surface area contributed by atoms with E-state index in [1.807, 2.05) is 63.1 Å². The fourth-order valence-electron chi connectivity index (χ4n) is 6.62. The molecule has 0 spiro atoms. The number of piperazine rings is 1. The normalized spacial score (nSPS) is 23.8. The van der Waals surface area contributed by atoms with Crippen LogP contribution in [0, 0.1) is 12.3 Å². The molecule has 0 aliphatic carbocycles. The lowest BCUT2D eigenvalue weighted by Crippen LogP contribution is -2.60. The van der Waals surface area contributed by atoms with Gasteiger partial charge in [0.05, 0.1) is 19.1 Å². The Hall–Kier alpha value is -3.32. The van der Waals surface area contributed by atoms with Crippen LogP contribution in [0.4, 0.5) is 0 Å². The molecule has 2 fully saturated rings. The average molecular weight is 696 g/mol. The second kappa shape index (κ2) is 15.9. The fraction of sp³-hybridized carbons (Fsp3) is 0.590. The molecule has 276 valence electrons. The molecular formula is C39H57N3O8. The number of hydrogen-bond acceptors (Lipinski definition) is 9. The Bertz CT molecular complexity index is 1540. The number of carbonyl (C=O) groups is 2. The minimum atomic E-state index is -1.50. The van der Waals surface area contributed by atoms with Crippen LogP contribution in [0.3, 0.4) is 0 Å². The first kappa shape index (κ1) is 39.5. The van der Waals surface area contributed by atoms with Crippen molar-refractivity contribution in [2.24, 2.45) is 5.41 Å². The van der Waals surface area contributed by atoms with Crippen LogP contribution >= 0.6 is 0 Å².